The summed E-state index contributed by atoms with van der Waals surface area (Å²) >= 11 is 0. The van der Waals surface area contributed by atoms with Crippen molar-refractivity contribution in [2.75, 3.05) is 6.61 Å². The number of esters is 2. The van der Waals surface area contributed by atoms with Gasteiger partial charge in [0.1, 0.15) is 6.10 Å². The molecule has 0 aromatic heterocycles. The smallest absolute Gasteiger partial charge is 0.302 e. The number of carbonyl (C=O) groups is 2. The van der Waals surface area contributed by atoms with Gasteiger partial charge in [-0.15, -0.1) is 0 Å². The third-order valence-electron chi connectivity index (χ3n) is 2.36. The van der Waals surface area contributed by atoms with E-state index in [1.54, 1.807) is 18.2 Å². The van der Waals surface area contributed by atoms with E-state index in [0.717, 1.165) is 0 Å². The molecule has 1 atom stereocenters. The molecular weight excluding hydrogens is 292 g/mol. The maximum absolute atomic E-state index is 11.0. The number of allylic oxidation sites excluding steroid dienone is 5. The van der Waals surface area contributed by atoms with Gasteiger partial charge in [-0.05, 0) is 30.9 Å². The van der Waals surface area contributed by atoms with E-state index in [-0.39, 0.29) is 24.6 Å². The molecule has 0 aliphatic heterocycles. The van der Waals surface area contributed by atoms with Gasteiger partial charge in [-0.3, -0.25) is 9.59 Å². The number of ether oxygens (including phenoxy) is 2. The van der Waals surface area contributed by atoms with E-state index < -0.39 is 0 Å². The van der Waals surface area contributed by atoms with Gasteiger partial charge < -0.3 is 9.47 Å². The van der Waals surface area contributed by atoms with Gasteiger partial charge in [0.05, 0.1) is 6.61 Å². The first-order valence-corrected chi connectivity index (χ1v) is 7.30. The molecule has 0 spiro atoms. The van der Waals surface area contributed by atoms with Gasteiger partial charge in [-0.25, -0.2) is 0 Å². The predicted molar refractivity (Wildman–Crippen MR) is 90.1 cm³/mol. The Bertz CT molecular complexity index is 574. The molecule has 0 rings (SSSR count). The van der Waals surface area contributed by atoms with E-state index in [1.165, 1.54) is 13.8 Å². The summed E-state index contributed by atoms with van der Waals surface area (Å²) in [4.78, 5) is 21.7. The van der Waals surface area contributed by atoms with Crippen LogP contribution >= 0.6 is 0 Å². The molecule has 0 aliphatic carbocycles. The summed E-state index contributed by atoms with van der Waals surface area (Å²) in [5.74, 6) is 10.2. The van der Waals surface area contributed by atoms with Crippen LogP contribution in [0.2, 0.25) is 0 Å². The summed E-state index contributed by atoms with van der Waals surface area (Å²) in [6.45, 7) is 4.82. The van der Waals surface area contributed by atoms with Gasteiger partial charge in [-0.1, -0.05) is 36.1 Å². The fourth-order valence-electron chi connectivity index (χ4n) is 1.45. The standard InChI is InChI=1S/C19H22O4/c1-4-5-6-7-8-9-10-11-12-13-14-19(23-18(3)21)15-16-22-17(2)20/h4-5,10-13,19H,14-16H2,1-3H3/b5-4+,11-10+,13-12-/t19-/m1/s1. The van der Waals surface area contributed by atoms with Crippen molar-refractivity contribution in [1.82, 2.24) is 0 Å². The highest BCUT2D eigenvalue weighted by Crippen LogP contribution is 2.06. The van der Waals surface area contributed by atoms with Crippen molar-refractivity contribution in [2.45, 2.75) is 39.7 Å². The molecule has 0 aromatic rings. The van der Waals surface area contributed by atoms with Crippen LogP contribution < -0.4 is 0 Å². The van der Waals surface area contributed by atoms with E-state index in [4.69, 9.17) is 9.47 Å². The van der Waals surface area contributed by atoms with Crippen molar-refractivity contribution in [3.63, 3.8) is 0 Å². The van der Waals surface area contributed by atoms with Gasteiger partial charge in [0.15, 0.2) is 0 Å². The lowest BCUT2D eigenvalue weighted by atomic mass is 10.2. The van der Waals surface area contributed by atoms with Crippen molar-refractivity contribution >= 4 is 11.9 Å². The molecule has 0 saturated carbocycles. The lowest BCUT2D eigenvalue weighted by Crippen LogP contribution is -2.18. The molecule has 0 N–H and O–H groups in total. The summed E-state index contributed by atoms with van der Waals surface area (Å²) in [5.41, 5.74) is 0. The Labute approximate surface area is 138 Å². The summed E-state index contributed by atoms with van der Waals surface area (Å²) < 4.78 is 10.0. The van der Waals surface area contributed by atoms with Crippen molar-refractivity contribution in [3.05, 3.63) is 36.5 Å². The average molecular weight is 314 g/mol. The molecule has 0 aromatic carbocycles. The highest BCUT2D eigenvalue weighted by molar-refractivity contribution is 5.66. The van der Waals surface area contributed by atoms with Crippen LogP contribution in [0.15, 0.2) is 36.5 Å². The van der Waals surface area contributed by atoms with Crippen LogP contribution in [-0.2, 0) is 19.1 Å². The molecule has 0 amide bonds. The monoisotopic (exact) mass is 314 g/mol. The van der Waals surface area contributed by atoms with Crippen LogP contribution in [0.1, 0.15) is 33.6 Å². The zero-order valence-electron chi connectivity index (χ0n) is 13.8. The highest BCUT2D eigenvalue weighted by Gasteiger charge is 2.10. The van der Waals surface area contributed by atoms with Crippen molar-refractivity contribution < 1.29 is 19.1 Å². The van der Waals surface area contributed by atoms with E-state index in [1.807, 2.05) is 25.2 Å². The van der Waals surface area contributed by atoms with E-state index in [0.29, 0.717) is 12.8 Å². The fourth-order valence-corrected chi connectivity index (χ4v) is 1.45. The predicted octanol–water partition coefficient (Wildman–Crippen LogP) is 2.96. The van der Waals surface area contributed by atoms with E-state index >= 15 is 0 Å². The van der Waals surface area contributed by atoms with Crippen LogP contribution in [0.4, 0.5) is 0 Å². The first kappa shape index (κ1) is 20.3. The molecule has 4 nitrogen and oxygen atoms in total. The molecule has 0 heterocycles. The van der Waals surface area contributed by atoms with Crippen LogP contribution in [0.25, 0.3) is 0 Å². The van der Waals surface area contributed by atoms with Gasteiger partial charge in [-0.2, -0.15) is 0 Å². The average Bonchev–Trinajstić information content (AvgIpc) is 2.48. The van der Waals surface area contributed by atoms with Crippen molar-refractivity contribution in [1.29, 1.82) is 0 Å². The van der Waals surface area contributed by atoms with Gasteiger partial charge >= 0.3 is 11.9 Å². The van der Waals surface area contributed by atoms with Gasteiger partial charge in [0, 0.05) is 26.7 Å². The van der Waals surface area contributed by atoms with Gasteiger partial charge in [0.2, 0.25) is 0 Å². The largest absolute Gasteiger partial charge is 0.466 e. The molecule has 0 bridgehead atoms. The third-order valence-corrected chi connectivity index (χ3v) is 2.36. The first-order valence-electron chi connectivity index (χ1n) is 7.30. The number of hydrogen-bond acceptors (Lipinski definition) is 4. The first-order chi connectivity index (χ1) is 11.1. The minimum Gasteiger partial charge on any atom is -0.466 e. The molecule has 0 radical (unpaired) electrons. The molecule has 0 fully saturated rings. The second kappa shape index (κ2) is 14.2. The Kier molecular flexibility index (Phi) is 12.5. The Morgan fingerprint density at radius 1 is 1.04 bits per heavy atom. The molecular formula is C19H22O4. The Hall–Kier alpha value is -2.72. The second-order valence-corrected chi connectivity index (χ2v) is 4.42. The molecule has 122 valence electrons. The number of carbonyl (C=O) groups excluding carboxylic acids is 2. The summed E-state index contributed by atoms with van der Waals surface area (Å²) in [6, 6.07) is 0. The molecule has 0 unspecified atom stereocenters. The maximum atomic E-state index is 11.0. The zero-order valence-corrected chi connectivity index (χ0v) is 13.8. The van der Waals surface area contributed by atoms with Crippen molar-refractivity contribution in [2.24, 2.45) is 0 Å². The summed E-state index contributed by atoms with van der Waals surface area (Å²) in [5, 5.41) is 0. The van der Waals surface area contributed by atoms with E-state index in [9.17, 15) is 9.59 Å². The van der Waals surface area contributed by atoms with Crippen molar-refractivity contribution in [3.8, 4) is 23.7 Å². The minimum atomic E-state index is -0.354. The summed E-state index contributed by atoms with van der Waals surface area (Å²) in [6.07, 6.45) is 11.4. The maximum Gasteiger partial charge on any atom is 0.302 e. The highest BCUT2D eigenvalue weighted by atomic mass is 16.6. The minimum absolute atomic E-state index is 0.229. The topological polar surface area (TPSA) is 52.6 Å². The molecule has 23 heavy (non-hydrogen) atoms. The Balaban J connectivity index is 4.24. The fraction of sp³-hybridized carbons (Fsp3) is 0.368. The molecule has 4 heteroatoms. The quantitative estimate of drug-likeness (QED) is 0.412. The summed E-state index contributed by atoms with van der Waals surface area (Å²) in [7, 11) is 0. The zero-order chi connectivity index (χ0) is 17.3. The second-order valence-electron chi connectivity index (χ2n) is 4.42. The van der Waals surface area contributed by atoms with Crippen LogP contribution in [-0.4, -0.2) is 24.6 Å². The van der Waals surface area contributed by atoms with Crippen LogP contribution in [0.5, 0.6) is 0 Å². The Morgan fingerprint density at radius 2 is 1.74 bits per heavy atom. The molecule has 0 saturated heterocycles. The van der Waals surface area contributed by atoms with Crippen LogP contribution in [0.3, 0.4) is 0 Å². The lowest BCUT2D eigenvalue weighted by Gasteiger charge is -2.14. The SMILES string of the molecule is C/C=C/C#CC#C/C=C/C=C\C[C@H](CCOC(C)=O)OC(C)=O. The van der Waals surface area contributed by atoms with Crippen LogP contribution in [0, 0.1) is 23.7 Å². The third kappa shape index (κ3) is 15.5. The lowest BCUT2D eigenvalue weighted by molar-refractivity contribution is -0.148. The Morgan fingerprint density at radius 3 is 2.35 bits per heavy atom. The van der Waals surface area contributed by atoms with E-state index in [2.05, 4.69) is 23.7 Å². The van der Waals surface area contributed by atoms with Gasteiger partial charge in [0.25, 0.3) is 0 Å². The number of rotatable bonds is 7. The normalized spacial score (nSPS) is 11.6. The number of hydrogen-bond donors (Lipinski definition) is 0. The molecule has 0 aliphatic rings.